The van der Waals surface area contributed by atoms with Gasteiger partial charge in [0.05, 0.1) is 16.9 Å². The number of fused-ring (bicyclic) bond motifs is 1. The minimum Gasteiger partial charge on any atom is -0.481 e. The first-order valence-corrected chi connectivity index (χ1v) is 9.79. The summed E-state index contributed by atoms with van der Waals surface area (Å²) in [6.07, 6.45) is 2.09. The minimum atomic E-state index is -3.78. The second-order valence-electron chi connectivity index (χ2n) is 6.43. The van der Waals surface area contributed by atoms with Gasteiger partial charge in [0.1, 0.15) is 0 Å². The number of carboxylic acid groups (broad SMARTS) is 1. The molecule has 2 heterocycles. The Morgan fingerprint density at radius 2 is 1.88 bits per heavy atom. The first-order chi connectivity index (χ1) is 12.5. The molecule has 0 aliphatic carbocycles. The number of carboxylic acids is 1. The van der Waals surface area contributed by atoms with Crippen molar-refractivity contribution >= 4 is 26.9 Å². The summed E-state index contributed by atoms with van der Waals surface area (Å²) < 4.78 is 27.6. The van der Waals surface area contributed by atoms with Crippen LogP contribution >= 0.6 is 0 Å². The number of aromatic amines is 1. The van der Waals surface area contributed by atoms with Gasteiger partial charge in [0.25, 0.3) is 0 Å². The molecule has 134 valence electrons. The molecule has 4 rings (SSSR count). The quantitative estimate of drug-likeness (QED) is 0.739. The smallest absolute Gasteiger partial charge is 0.308 e. The van der Waals surface area contributed by atoms with Crippen molar-refractivity contribution in [3.63, 3.8) is 0 Å². The Balaban J connectivity index is 1.82. The fraction of sp³-hybridized carbons (Fsp3) is 0.211. The summed E-state index contributed by atoms with van der Waals surface area (Å²) in [7, 11) is -3.78. The maximum atomic E-state index is 13.1. The molecule has 1 aliphatic rings. The Morgan fingerprint density at radius 3 is 2.62 bits per heavy atom. The third-order valence-corrected chi connectivity index (χ3v) is 6.83. The molecular formula is C19H18N2O4S. The van der Waals surface area contributed by atoms with Gasteiger partial charge in [0, 0.05) is 18.3 Å². The summed E-state index contributed by atoms with van der Waals surface area (Å²) in [6.45, 7) is 0.185. The van der Waals surface area contributed by atoms with Gasteiger partial charge in [-0.1, -0.05) is 24.3 Å². The molecule has 26 heavy (non-hydrogen) atoms. The first-order valence-electron chi connectivity index (χ1n) is 8.35. The Kier molecular flexibility index (Phi) is 4.05. The third kappa shape index (κ3) is 2.69. The fourth-order valence-corrected chi connectivity index (χ4v) is 5.36. The molecule has 2 N–H and O–H groups in total. The summed E-state index contributed by atoms with van der Waals surface area (Å²) in [5.41, 5.74) is 1.62. The van der Waals surface area contributed by atoms with E-state index < -0.39 is 28.0 Å². The van der Waals surface area contributed by atoms with Crippen LogP contribution in [0, 0.1) is 5.92 Å². The van der Waals surface area contributed by atoms with Gasteiger partial charge >= 0.3 is 5.97 Å². The highest BCUT2D eigenvalue weighted by atomic mass is 32.2. The zero-order valence-corrected chi connectivity index (χ0v) is 14.7. The van der Waals surface area contributed by atoms with Crippen molar-refractivity contribution in [3.05, 3.63) is 66.4 Å². The van der Waals surface area contributed by atoms with Gasteiger partial charge in [-0.25, -0.2) is 8.42 Å². The molecule has 0 saturated carbocycles. The van der Waals surface area contributed by atoms with Crippen molar-refractivity contribution < 1.29 is 18.3 Å². The molecule has 7 heteroatoms. The predicted octanol–water partition coefficient (Wildman–Crippen LogP) is 3.00. The molecule has 2 unspecified atom stereocenters. The molecule has 2 atom stereocenters. The Labute approximate surface area is 151 Å². The standard InChI is InChI=1S/C19H18N2O4S/c22-19(23)16-9-11-21(26(24,25)15-4-2-1-3-5-15)18(16)14-6-7-17-13(12-14)8-10-20-17/h1-8,10,12,16,18,20H,9,11H2,(H,22,23). The van der Waals surface area contributed by atoms with Crippen molar-refractivity contribution in [2.45, 2.75) is 17.4 Å². The van der Waals surface area contributed by atoms with Crippen LogP contribution in [0.4, 0.5) is 0 Å². The Morgan fingerprint density at radius 1 is 1.12 bits per heavy atom. The Hall–Kier alpha value is -2.64. The van der Waals surface area contributed by atoms with Gasteiger partial charge in [0.2, 0.25) is 10.0 Å². The number of hydrogen-bond acceptors (Lipinski definition) is 3. The van der Waals surface area contributed by atoms with Crippen molar-refractivity contribution in [1.29, 1.82) is 0 Å². The predicted molar refractivity (Wildman–Crippen MR) is 97.1 cm³/mol. The Bertz CT molecular complexity index is 1060. The lowest BCUT2D eigenvalue weighted by Crippen LogP contribution is -2.33. The normalized spacial score (nSPS) is 21.2. The van der Waals surface area contributed by atoms with Crippen LogP contribution in [0.25, 0.3) is 10.9 Å². The van der Waals surface area contributed by atoms with E-state index in [4.69, 9.17) is 0 Å². The number of hydrogen-bond donors (Lipinski definition) is 2. The van der Waals surface area contributed by atoms with Gasteiger partial charge in [-0.2, -0.15) is 4.31 Å². The van der Waals surface area contributed by atoms with Gasteiger partial charge < -0.3 is 10.1 Å². The first kappa shape index (κ1) is 16.8. The molecule has 0 amide bonds. The van der Waals surface area contributed by atoms with Gasteiger partial charge in [-0.05, 0) is 47.7 Å². The molecule has 1 aliphatic heterocycles. The summed E-state index contributed by atoms with van der Waals surface area (Å²) in [6, 6.07) is 14.8. The maximum Gasteiger partial charge on any atom is 0.308 e. The summed E-state index contributed by atoms with van der Waals surface area (Å²) >= 11 is 0. The topological polar surface area (TPSA) is 90.5 Å². The SMILES string of the molecule is O=C(O)C1CCN(S(=O)(=O)c2ccccc2)C1c1ccc2[nH]ccc2c1. The monoisotopic (exact) mass is 370 g/mol. The second-order valence-corrected chi connectivity index (χ2v) is 8.32. The number of H-pyrrole nitrogens is 1. The van der Waals surface area contributed by atoms with Crippen molar-refractivity contribution in [3.8, 4) is 0 Å². The molecule has 0 radical (unpaired) electrons. The van der Waals surface area contributed by atoms with Crippen molar-refractivity contribution in [2.24, 2.45) is 5.92 Å². The average molecular weight is 370 g/mol. The highest BCUT2D eigenvalue weighted by molar-refractivity contribution is 7.89. The lowest BCUT2D eigenvalue weighted by Gasteiger charge is -2.26. The number of benzene rings is 2. The van der Waals surface area contributed by atoms with E-state index >= 15 is 0 Å². The average Bonchev–Trinajstić information content (AvgIpc) is 3.28. The van der Waals surface area contributed by atoms with Crippen LogP contribution in [0.15, 0.2) is 65.7 Å². The summed E-state index contributed by atoms with van der Waals surface area (Å²) in [5, 5.41) is 10.6. The number of nitrogens with one attached hydrogen (secondary N) is 1. The lowest BCUT2D eigenvalue weighted by atomic mass is 9.94. The van der Waals surface area contributed by atoms with E-state index in [1.165, 1.54) is 16.4 Å². The molecule has 0 spiro atoms. The molecule has 3 aromatic rings. The summed E-state index contributed by atoms with van der Waals surface area (Å²) in [5.74, 6) is -1.75. The van der Waals surface area contributed by atoms with Crippen molar-refractivity contribution in [2.75, 3.05) is 6.54 Å². The number of carbonyl (C=O) groups is 1. The molecule has 1 fully saturated rings. The minimum absolute atomic E-state index is 0.179. The molecule has 1 aromatic heterocycles. The highest BCUT2D eigenvalue weighted by Crippen LogP contribution is 2.41. The summed E-state index contributed by atoms with van der Waals surface area (Å²) in [4.78, 5) is 15.1. The highest BCUT2D eigenvalue weighted by Gasteiger charge is 2.45. The van der Waals surface area contributed by atoms with Crippen LogP contribution < -0.4 is 0 Å². The molecular weight excluding hydrogens is 352 g/mol. The van der Waals surface area contributed by atoms with Crippen LogP contribution in [0.1, 0.15) is 18.0 Å². The lowest BCUT2D eigenvalue weighted by molar-refractivity contribution is -0.142. The number of aliphatic carboxylic acids is 1. The fourth-order valence-electron chi connectivity index (χ4n) is 3.67. The molecule has 0 bridgehead atoms. The zero-order chi connectivity index (χ0) is 18.3. The van der Waals surface area contributed by atoms with E-state index in [2.05, 4.69) is 4.98 Å². The van der Waals surface area contributed by atoms with Crippen LogP contribution in [-0.2, 0) is 14.8 Å². The van der Waals surface area contributed by atoms with Crippen LogP contribution in [0.2, 0.25) is 0 Å². The van der Waals surface area contributed by atoms with E-state index in [9.17, 15) is 18.3 Å². The number of nitrogens with zero attached hydrogens (tertiary/aromatic N) is 1. The third-order valence-electron chi connectivity index (χ3n) is 4.94. The number of sulfonamides is 1. The van der Waals surface area contributed by atoms with Crippen LogP contribution in [0.5, 0.6) is 0 Å². The van der Waals surface area contributed by atoms with E-state index in [0.717, 1.165) is 10.9 Å². The van der Waals surface area contributed by atoms with E-state index in [-0.39, 0.29) is 17.9 Å². The molecule has 1 saturated heterocycles. The zero-order valence-electron chi connectivity index (χ0n) is 13.9. The molecule has 6 nitrogen and oxygen atoms in total. The largest absolute Gasteiger partial charge is 0.481 e. The number of aromatic nitrogens is 1. The second kappa shape index (κ2) is 6.26. The van der Waals surface area contributed by atoms with Crippen LogP contribution in [0.3, 0.4) is 0 Å². The van der Waals surface area contributed by atoms with E-state index in [1.807, 2.05) is 18.2 Å². The van der Waals surface area contributed by atoms with Gasteiger partial charge in [-0.3, -0.25) is 4.79 Å². The van der Waals surface area contributed by atoms with Crippen LogP contribution in [-0.4, -0.2) is 35.3 Å². The molecule has 2 aromatic carbocycles. The van der Waals surface area contributed by atoms with Gasteiger partial charge in [0.15, 0.2) is 0 Å². The van der Waals surface area contributed by atoms with Crippen molar-refractivity contribution in [1.82, 2.24) is 9.29 Å². The maximum absolute atomic E-state index is 13.1. The van der Waals surface area contributed by atoms with Gasteiger partial charge in [-0.15, -0.1) is 0 Å². The number of rotatable bonds is 4. The van der Waals surface area contributed by atoms with E-state index in [1.54, 1.807) is 30.5 Å². The van der Waals surface area contributed by atoms with E-state index in [0.29, 0.717) is 5.56 Å².